The predicted molar refractivity (Wildman–Crippen MR) is 102 cm³/mol. The average molecular weight is 398 g/mol. The molecule has 7 nitrogen and oxygen atoms in total. The summed E-state index contributed by atoms with van der Waals surface area (Å²) in [4.78, 5) is 38.5. The number of fused-ring (bicyclic) bond motifs is 1. The number of ether oxygens (including phenoxy) is 1. The van der Waals surface area contributed by atoms with Crippen LogP contribution in [0.4, 0.5) is 4.39 Å². The molecule has 0 atom stereocenters. The first-order chi connectivity index (χ1) is 14.0. The number of carbonyl (C=O) groups is 2. The Hall–Kier alpha value is -3.42. The van der Waals surface area contributed by atoms with E-state index in [1.807, 2.05) is 0 Å². The van der Waals surface area contributed by atoms with E-state index >= 15 is 0 Å². The van der Waals surface area contributed by atoms with Gasteiger partial charge in [0, 0.05) is 24.7 Å². The van der Waals surface area contributed by atoms with Crippen LogP contribution >= 0.6 is 0 Å². The molecule has 1 saturated heterocycles. The van der Waals surface area contributed by atoms with Gasteiger partial charge in [-0.3, -0.25) is 9.36 Å². The number of hydrogen-bond donors (Lipinski definition) is 0. The van der Waals surface area contributed by atoms with Gasteiger partial charge in [0.05, 0.1) is 18.2 Å². The first-order valence-electron chi connectivity index (χ1n) is 9.26. The molecule has 2 aromatic carbocycles. The van der Waals surface area contributed by atoms with Gasteiger partial charge in [-0.25, -0.2) is 14.0 Å². The summed E-state index contributed by atoms with van der Waals surface area (Å²) in [7, 11) is 1.29. The van der Waals surface area contributed by atoms with Crippen LogP contribution in [-0.2, 0) is 4.74 Å². The Labute approximate surface area is 165 Å². The molecular weight excluding hydrogens is 379 g/mol. The van der Waals surface area contributed by atoms with Crippen LogP contribution in [-0.4, -0.2) is 41.5 Å². The summed E-state index contributed by atoms with van der Waals surface area (Å²) in [5, 5.41) is 0. The van der Waals surface area contributed by atoms with Crippen LogP contribution in [0, 0.1) is 5.82 Å². The van der Waals surface area contributed by atoms with Crippen LogP contribution in [0.25, 0.3) is 11.1 Å². The molecule has 0 spiro atoms. The second-order valence-corrected chi connectivity index (χ2v) is 6.95. The van der Waals surface area contributed by atoms with Crippen molar-refractivity contribution in [2.45, 2.75) is 18.9 Å². The van der Waals surface area contributed by atoms with Gasteiger partial charge in [-0.1, -0.05) is 6.07 Å². The zero-order valence-corrected chi connectivity index (χ0v) is 15.8. The number of hydrogen-bond acceptors (Lipinski definition) is 5. The molecule has 29 heavy (non-hydrogen) atoms. The number of aromatic nitrogens is 1. The van der Waals surface area contributed by atoms with E-state index in [4.69, 9.17) is 9.15 Å². The van der Waals surface area contributed by atoms with Crippen molar-refractivity contribution < 1.29 is 23.1 Å². The largest absolute Gasteiger partial charge is 0.465 e. The molecule has 150 valence electrons. The summed E-state index contributed by atoms with van der Waals surface area (Å²) in [6.45, 7) is 0.853. The van der Waals surface area contributed by atoms with Crippen LogP contribution in [0.5, 0.6) is 0 Å². The molecule has 1 fully saturated rings. The SMILES string of the molecule is COC(=O)c1ccc2oc(=O)n(C3CCN(C(=O)c4cccc(F)c4)CC3)c2c1. The fraction of sp³-hybridized carbons (Fsp3) is 0.286. The standard InChI is InChI=1S/C21H19FN2O5/c1-28-20(26)14-5-6-18-17(12-14)24(21(27)29-18)16-7-9-23(10-8-16)19(25)13-3-2-4-15(22)11-13/h2-6,11-12,16H,7-10H2,1H3. The van der Waals surface area contributed by atoms with Gasteiger partial charge in [-0.05, 0) is 49.2 Å². The minimum absolute atomic E-state index is 0.173. The number of halogens is 1. The summed E-state index contributed by atoms with van der Waals surface area (Å²) in [6, 6.07) is 10.1. The van der Waals surface area contributed by atoms with Crippen LogP contribution in [0.15, 0.2) is 51.7 Å². The molecule has 0 bridgehead atoms. The minimum atomic E-state index is -0.503. The van der Waals surface area contributed by atoms with Crippen LogP contribution in [0.2, 0.25) is 0 Å². The molecule has 1 aliphatic rings. The van der Waals surface area contributed by atoms with E-state index in [0.29, 0.717) is 48.2 Å². The van der Waals surface area contributed by atoms with E-state index in [1.165, 1.54) is 29.9 Å². The number of esters is 1. The van der Waals surface area contributed by atoms with Crippen molar-refractivity contribution in [2.24, 2.45) is 0 Å². The Morgan fingerprint density at radius 1 is 1.10 bits per heavy atom. The molecule has 4 rings (SSSR count). The third kappa shape index (κ3) is 3.53. The lowest BCUT2D eigenvalue weighted by Gasteiger charge is -2.32. The third-order valence-electron chi connectivity index (χ3n) is 5.22. The van der Waals surface area contributed by atoms with E-state index in [2.05, 4.69) is 0 Å². The van der Waals surface area contributed by atoms with E-state index in [1.54, 1.807) is 29.2 Å². The smallest absolute Gasteiger partial charge is 0.420 e. The van der Waals surface area contributed by atoms with Crippen molar-refractivity contribution in [1.82, 2.24) is 9.47 Å². The molecule has 0 aliphatic carbocycles. The van der Waals surface area contributed by atoms with Crippen LogP contribution in [0.3, 0.4) is 0 Å². The molecule has 0 N–H and O–H groups in total. The van der Waals surface area contributed by atoms with Crippen molar-refractivity contribution in [2.75, 3.05) is 20.2 Å². The van der Waals surface area contributed by atoms with Crippen molar-refractivity contribution in [3.8, 4) is 0 Å². The van der Waals surface area contributed by atoms with Crippen molar-refractivity contribution >= 4 is 23.0 Å². The first kappa shape index (κ1) is 18.9. The first-order valence-corrected chi connectivity index (χ1v) is 9.26. The molecule has 0 radical (unpaired) electrons. The Balaban J connectivity index is 1.56. The number of rotatable bonds is 3. The number of nitrogens with zero attached hydrogens (tertiary/aromatic N) is 2. The average Bonchev–Trinajstić information content (AvgIpc) is 3.07. The Morgan fingerprint density at radius 2 is 1.86 bits per heavy atom. The third-order valence-corrected chi connectivity index (χ3v) is 5.22. The number of methoxy groups -OCH3 is 1. The van der Waals surface area contributed by atoms with Gasteiger partial charge >= 0.3 is 11.7 Å². The van der Waals surface area contributed by atoms with E-state index in [0.717, 1.165) is 0 Å². The van der Waals surface area contributed by atoms with Gasteiger partial charge in [-0.15, -0.1) is 0 Å². The molecule has 8 heteroatoms. The number of oxazole rings is 1. The number of likely N-dealkylation sites (tertiary alicyclic amines) is 1. The fourth-order valence-electron chi connectivity index (χ4n) is 3.76. The fourth-order valence-corrected chi connectivity index (χ4v) is 3.76. The molecule has 0 unspecified atom stereocenters. The molecule has 1 amide bonds. The molecule has 1 aromatic heterocycles. The maximum Gasteiger partial charge on any atom is 0.420 e. The molecule has 0 saturated carbocycles. The predicted octanol–water partition coefficient (Wildman–Crippen LogP) is 3.00. The maximum absolute atomic E-state index is 13.4. The number of benzene rings is 2. The maximum atomic E-state index is 13.4. The van der Waals surface area contributed by atoms with Gasteiger partial charge in [-0.2, -0.15) is 0 Å². The lowest BCUT2D eigenvalue weighted by atomic mass is 10.0. The van der Waals surface area contributed by atoms with Gasteiger partial charge in [0.25, 0.3) is 5.91 Å². The molecule has 3 aromatic rings. The molecule has 1 aliphatic heterocycles. The Bertz CT molecular complexity index is 1140. The second kappa shape index (κ2) is 7.54. The highest BCUT2D eigenvalue weighted by atomic mass is 19.1. The normalized spacial score (nSPS) is 14.9. The summed E-state index contributed by atoms with van der Waals surface area (Å²) < 4.78 is 25.0. The lowest BCUT2D eigenvalue weighted by Crippen LogP contribution is -2.40. The zero-order chi connectivity index (χ0) is 20.5. The monoisotopic (exact) mass is 398 g/mol. The minimum Gasteiger partial charge on any atom is -0.465 e. The van der Waals surface area contributed by atoms with E-state index in [-0.39, 0.29) is 11.9 Å². The molecule has 2 heterocycles. The Morgan fingerprint density at radius 3 is 2.55 bits per heavy atom. The highest BCUT2D eigenvalue weighted by molar-refractivity contribution is 5.94. The number of carbonyl (C=O) groups excluding carboxylic acids is 2. The van der Waals surface area contributed by atoms with Crippen LogP contribution < -0.4 is 5.76 Å². The second-order valence-electron chi connectivity index (χ2n) is 6.95. The van der Waals surface area contributed by atoms with Gasteiger partial charge < -0.3 is 14.1 Å². The van der Waals surface area contributed by atoms with Crippen molar-refractivity contribution in [3.63, 3.8) is 0 Å². The number of piperidine rings is 1. The quantitative estimate of drug-likeness (QED) is 0.634. The summed E-state index contributed by atoms with van der Waals surface area (Å²) in [5.41, 5.74) is 1.54. The van der Waals surface area contributed by atoms with Gasteiger partial charge in [0.2, 0.25) is 0 Å². The van der Waals surface area contributed by atoms with E-state index < -0.39 is 17.5 Å². The number of amides is 1. The van der Waals surface area contributed by atoms with Crippen molar-refractivity contribution in [1.29, 1.82) is 0 Å². The summed E-state index contributed by atoms with van der Waals surface area (Å²) in [5.74, 6) is -1.69. The van der Waals surface area contributed by atoms with Crippen molar-refractivity contribution in [3.05, 3.63) is 70.0 Å². The summed E-state index contributed by atoms with van der Waals surface area (Å²) in [6.07, 6.45) is 1.08. The topological polar surface area (TPSA) is 81.8 Å². The van der Waals surface area contributed by atoms with Crippen LogP contribution in [0.1, 0.15) is 39.6 Å². The Kier molecular flexibility index (Phi) is 4.92. The molecular formula is C21H19FN2O5. The van der Waals surface area contributed by atoms with E-state index in [9.17, 15) is 18.8 Å². The lowest BCUT2D eigenvalue weighted by molar-refractivity contribution is 0.0600. The van der Waals surface area contributed by atoms with Gasteiger partial charge in [0.15, 0.2) is 5.58 Å². The highest BCUT2D eigenvalue weighted by Crippen LogP contribution is 2.27. The highest BCUT2D eigenvalue weighted by Gasteiger charge is 2.27. The summed E-state index contributed by atoms with van der Waals surface area (Å²) >= 11 is 0. The zero-order valence-electron chi connectivity index (χ0n) is 15.8. The van der Waals surface area contributed by atoms with Gasteiger partial charge in [0.1, 0.15) is 5.82 Å².